The van der Waals surface area contributed by atoms with Crippen molar-refractivity contribution in [2.75, 3.05) is 19.5 Å². The molecule has 0 aliphatic heterocycles. The molecule has 0 saturated heterocycles. The first-order chi connectivity index (χ1) is 9.96. The lowest BCUT2D eigenvalue weighted by atomic mass is 10.1. The Hall–Kier alpha value is -2.61. The average molecular weight is 313 g/mol. The molecule has 0 bridgehead atoms. The van der Waals surface area contributed by atoms with Gasteiger partial charge in [-0.15, -0.1) is 0 Å². The molecule has 8 nitrogen and oxygen atoms in total. The van der Waals surface area contributed by atoms with Crippen LogP contribution in [0.5, 0.6) is 0 Å². The Morgan fingerprint density at radius 1 is 1.38 bits per heavy atom. The number of amides is 2. The van der Waals surface area contributed by atoms with Crippen LogP contribution in [0.2, 0.25) is 5.02 Å². The standard InChI is InChI=1S/C12H13ClN4O4/c1-4-6-8(13)7(5-15-9(6)14-2)10(18)16-17-11(19)12(20)21-3/h4-5H,1H2,2-3H3,(H,14,15)(H,16,18)(H,17,19). The van der Waals surface area contributed by atoms with Crippen LogP contribution in [-0.2, 0) is 14.3 Å². The van der Waals surface area contributed by atoms with Gasteiger partial charge in [0.25, 0.3) is 5.91 Å². The van der Waals surface area contributed by atoms with Crippen molar-refractivity contribution >= 4 is 41.3 Å². The van der Waals surface area contributed by atoms with Gasteiger partial charge in [-0.25, -0.2) is 9.78 Å². The van der Waals surface area contributed by atoms with Crippen LogP contribution < -0.4 is 16.2 Å². The number of aromatic nitrogens is 1. The van der Waals surface area contributed by atoms with E-state index in [1.165, 1.54) is 12.3 Å². The molecule has 1 heterocycles. The predicted octanol–water partition coefficient (Wildman–Crippen LogP) is 0.354. The van der Waals surface area contributed by atoms with Crippen molar-refractivity contribution < 1.29 is 19.1 Å². The van der Waals surface area contributed by atoms with Gasteiger partial charge in [0.1, 0.15) is 5.82 Å². The molecule has 0 aliphatic carbocycles. The lowest BCUT2D eigenvalue weighted by molar-refractivity contribution is -0.153. The molecule has 0 fully saturated rings. The highest BCUT2D eigenvalue weighted by Crippen LogP contribution is 2.26. The molecule has 0 unspecified atom stereocenters. The SMILES string of the molecule is C=Cc1c(NC)ncc(C(=O)NNC(=O)C(=O)OC)c1Cl. The van der Waals surface area contributed by atoms with Gasteiger partial charge < -0.3 is 10.1 Å². The molecule has 2 amide bonds. The fourth-order valence-corrected chi connectivity index (χ4v) is 1.67. The molecule has 0 atom stereocenters. The zero-order chi connectivity index (χ0) is 16.0. The van der Waals surface area contributed by atoms with E-state index in [1.54, 1.807) is 7.05 Å². The number of pyridine rings is 1. The minimum Gasteiger partial charge on any atom is -0.462 e. The Kier molecular flexibility index (Phi) is 5.67. The molecular weight excluding hydrogens is 300 g/mol. The number of esters is 1. The molecule has 9 heteroatoms. The summed E-state index contributed by atoms with van der Waals surface area (Å²) in [5, 5.41) is 2.90. The van der Waals surface area contributed by atoms with Crippen molar-refractivity contribution in [1.82, 2.24) is 15.8 Å². The molecule has 21 heavy (non-hydrogen) atoms. The third-order valence-corrected chi connectivity index (χ3v) is 2.80. The third-order valence-electron chi connectivity index (χ3n) is 2.40. The van der Waals surface area contributed by atoms with Gasteiger partial charge in [-0.05, 0) is 0 Å². The maximum Gasteiger partial charge on any atom is 0.398 e. The zero-order valence-electron chi connectivity index (χ0n) is 11.3. The van der Waals surface area contributed by atoms with Gasteiger partial charge in [0.05, 0.1) is 17.7 Å². The van der Waals surface area contributed by atoms with Crippen molar-refractivity contribution in [2.24, 2.45) is 0 Å². The van der Waals surface area contributed by atoms with Gasteiger partial charge in [-0.3, -0.25) is 20.4 Å². The molecule has 1 aromatic heterocycles. The molecule has 0 saturated carbocycles. The number of ether oxygens (including phenoxy) is 1. The number of carbonyl (C=O) groups is 3. The Morgan fingerprint density at radius 2 is 2.05 bits per heavy atom. The Morgan fingerprint density at radius 3 is 2.57 bits per heavy atom. The summed E-state index contributed by atoms with van der Waals surface area (Å²) in [6.45, 7) is 3.58. The van der Waals surface area contributed by atoms with E-state index >= 15 is 0 Å². The van der Waals surface area contributed by atoms with E-state index in [9.17, 15) is 14.4 Å². The van der Waals surface area contributed by atoms with Crippen LogP contribution in [-0.4, -0.2) is 36.9 Å². The molecule has 0 aliphatic rings. The number of rotatable bonds is 3. The van der Waals surface area contributed by atoms with E-state index in [1.807, 2.05) is 10.9 Å². The number of hydrazine groups is 1. The number of hydrogen-bond donors (Lipinski definition) is 3. The van der Waals surface area contributed by atoms with Crippen LogP contribution in [0.1, 0.15) is 15.9 Å². The average Bonchev–Trinajstić information content (AvgIpc) is 2.50. The highest BCUT2D eigenvalue weighted by atomic mass is 35.5. The lowest BCUT2D eigenvalue weighted by Crippen LogP contribution is -2.45. The van der Waals surface area contributed by atoms with Crippen molar-refractivity contribution in [3.8, 4) is 0 Å². The van der Waals surface area contributed by atoms with Gasteiger partial charge in [0.15, 0.2) is 0 Å². The number of nitrogens with one attached hydrogen (secondary N) is 3. The van der Waals surface area contributed by atoms with Gasteiger partial charge in [-0.2, -0.15) is 0 Å². The van der Waals surface area contributed by atoms with E-state index in [-0.39, 0.29) is 10.6 Å². The number of hydrogen-bond acceptors (Lipinski definition) is 6. The van der Waals surface area contributed by atoms with Crippen LogP contribution >= 0.6 is 11.6 Å². The molecule has 0 aromatic carbocycles. The molecule has 1 rings (SSSR count). The predicted molar refractivity (Wildman–Crippen MR) is 76.5 cm³/mol. The number of anilines is 1. The quantitative estimate of drug-likeness (QED) is 0.422. The molecule has 3 N–H and O–H groups in total. The van der Waals surface area contributed by atoms with Crippen LogP contribution in [0, 0.1) is 0 Å². The second kappa shape index (κ2) is 7.25. The minimum atomic E-state index is -1.14. The fourth-order valence-electron chi connectivity index (χ4n) is 1.37. The summed E-state index contributed by atoms with van der Waals surface area (Å²) in [5.74, 6) is -2.55. The van der Waals surface area contributed by atoms with E-state index in [0.29, 0.717) is 11.4 Å². The highest BCUT2D eigenvalue weighted by molar-refractivity contribution is 6.36. The summed E-state index contributed by atoms with van der Waals surface area (Å²) in [7, 11) is 2.68. The van der Waals surface area contributed by atoms with Crippen LogP contribution in [0.3, 0.4) is 0 Å². The van der Waals surface area contributed by atoms with E-state index in [4.69, 9.17) is 11.6 Å². The molecular formula is C12H13ClN4O4. The fraction of sp³-hybridized carbons (Fsp3) is 0.167. The van der Waals surface area contributed by atoms with Gasteiger partial charge in [-0.1, -0.05) is 24.3 Å². The molecule has 112 valence electrons. The zero-order valence-corrected chi connectivity index (χ0v) is 12.1. The third kappa shape index (κ3) is 3.69. The largest absolute Gasteiger partial charge is 0.462 e. The highest BCUT2D eigenvalue weighted by Gasteiger charge is 2.18. The number of halogens is 1. The van der Waals surface area contributed by atoms with Crippen LogP contribution in [0.4, 0.5) is 5.82 Å². The second-order valence-electron chi connectivity index (χ2n) is 3.60. The Balaban J connectivity index is 2.91. The van der Waals surface area contributed by atoms with Crippen LogP contribution in [0.15, 0.2) is 12.8 Å². The number of carbonyl (C=O) groups excluding carboxylic acids is 3. The minimum absolute atomic E-state index is 0.00994. The molecule has 0 spiro atoms. The first-order valence-electron chi connectivity index (χ1n) is 5.63. The van der Waals surface area contributed by atoms with Gasteiger partial charge in [0.2, 0.25) is 0 Å². The molecule has 1 aromatic rings. The summed E-state index contributed by atoms with van der Waals surface area (Å²) in [5.41, 5.74) is 4.36. The first-order valence-corrected chi connectivity index (χ1v) is 6.01. The maximum atomic E-state index is 11.9. The second-order valence-corrected chi connectivity index (χ2v) is 3.98. The lowest BCUT2D eigenvalue weighted by Gasteiger charge is -2.11. The van der Waals surface area contributed by atoms with Gasteiger partial charge >= 0.3 is 11.9 Å². The molecule has 0 radical (unpaired) electrons. The van der Waals surface area contributed by atoms with Crippen molar-refractivity contribution in [3.63, 3.8) is 0 Å². The van der Waals surface area contributed by atoms with Gasteiger partial charge in [0, 0.05) is 18.8 Å². The van der Waals surface area contributed by atoms with E-state index < -0.39 is 17.8 Å². The Bertz CT molecular complexity index is 603. The number of methoxy groups -OCH3 is 1. The van der Waals surface area contributed by atoms with E-state index in [2.05, 4.69) is 21.6 Å². The van der Waals surface area contributed by atoms with Crippen molar-refractivity contribution in [1.29, 1.82) is 0 Å². The Labute approximate surface area is 125 Å². The monoisotopic (exact) mass is 312 g/mol. The smallest absolute Gasteiger partial charge is 0.398 e. The normalized spacial score (nSPS) is 9.48. The van der Waals surface area contributed by atoms with E-state index in [0.717, 1.165) is 7.11 Å². The van der Waals surface area contributed by atoms with Crippen molar-refractivity contribution in [2.45, 2.75) is 0 Å². The summed E-state index contributed by atoms with van der Waals surface area (Å²) < 4.78 is 4.18. The summed E-state index contributed by atoms with van der Waals surface area (Å²) in [4.78, 5) is 37.9. The maximum absolute atomic E-state index is 11.9. The van der Waals surface area contributed by atoms with Crippen molar-refractivity contribution in [3.05, 3.63) is 28.9 Å². The number of nitrogens with zero attached hydrogens (tertiary/aromatic N) is 1. The summed E-state index contributed by atoms with van der Waals surface area (Å²) in [6, 6.07) is 0. The summed E-state index contributed by atoms with van der Waals surface area (Å²) >= 11 is 6.08. The van der Waals surface area contributed by atoms with Crippen LogP contribution in [0.25, 0.3) is 6.08 Å². The summed E-state index contributed by atoms with van der Waals surface area (Å²) in [6.07, 6.45) is 2.66. The first kappa shape index (κ1) is 16.4. The topological polar surface area (TPSA) is 109 Å².